The van der Waals surface area contributed by atoms with E-state index in [2.05, 4.69) is 0 Å². The van der Waals surface area contributed by atoms with Crippen molar-refractivity contribution in [2.75, 3.05) is 26.4 Å². The average molecular weight is 411 g/mol. The summed E-state index contributed by atoms with van der Waals surface area (Å²) in [4.78, 5) is 12.4. The van der Waals surface area contributed by atoms with Gasteiger partial charge in [0.05, 0.1) is 32.5 Å². The molecule has 29 heavy (non-hydrogen) atoms. The van der Waals surface area contributed by atoms with Gasteiger partial charge in [0.25, 0.3) is 0 Å². The third-order valence-electron chi connectivity index (χ3n) is 7.33. The fraction of sp³-hybridized carbons (Fsp3) is 0.957. The molecule has 4 aliphatic rings. The quantitative estimate of drug-likeness (QED) is 0.719. The van der Waals surface area contributed by atoms with E-state index < -0.39 is 11.9 Å². The van der Waals surface area contributed by atoms with Gasteiger partial charge in [-0.05, 0) is 32.1 Å². The summed E-state index contributed by atoms with van der Waals surface area (Å²) in [5, 5.41) is 10.5. The Hall–Kier alpha value is -0.530. The summed E-state index contributed by atoms with van der Waals surface area (Å²) in [6, 6.07) is 0. The van der Waals surface area contributed by atoms with Crippen molar-refractivity contribution in [2.45, 2.75) is 101 Å². The average Bonchev–Trinajstić information content (AvgIpc) is 2.75. The Morgan fingerprint density at radius 2 is 1.28 bits per heavy atom. The highest BCUT2D eigenvalue weighted by atomic mass is 16.7. The molecule has 1 unspecified atom stereocenters. The summed E-state index contributed by atoms with van der Waals surface area (Å²) >= 11 is 0. The number of hydrogen-bond donors (Lipinski definition) is 1. The minimum absolute atomic E-state index is 0.105. The molecule has 6 heteroatoms. The van der Waals surface area contributed by atoms with Gasteiger partial charge in [-0.3, -0.25) is 4.79 Å². The first kappa shape index (κ1) is 21.7. The zero-order chi connectivity index (χ0) is 20.2. The maximum atomic E-state index is 12.4. The second-order valence-electron chi connectivity index (χ2n) is 9.66. The van der Waals surface area contributed by atoms with Gasteiger partial charge in [0.15, 0.2) is 11.6 Å². The molecule has 2 aliphatic carbocycles. The van der Waals surface area contributed by atoms with Crippen LogP contribution in [0.1, 0.15) is 83.5 Å². The zero-order valence-corrected chi connectivity index (χ0v) is 17.7. The molecule has 0 aromatic heterocycles. The molecule has 4 rings (SSSR count). The molecular formula is C23H38O6. The number of aliphatic hydroxyl groups is 1. The number of Topliss-reactive ketones (excluding diaryl/α,β-unsaturated/α-hetero) is 1. The van der Waals surface area contributed by atoms with Crippen LogP contribution in [-0.2, 0) is 23.7 Å². The standard InChI is InChI=1S/C23H38O6/c24-20(8-7-18-14-26-22(27-15-18)9-3-1-4-10-22)13-21(25)19-16-28-23(29-17-19)11-5-2-6-12-23/h18-19,21,25H,1-17H2. The van der Waals surface area contributed by atoms with Crippen LogP contribution < -0.4 is 0 Å². The lowest BCUT2D eigenvalue weighted by Gasteiger charge is -2.43. The van der Waals surface area contributed by atoms with Gasteiger partial charge < -0.3 is 24.1 Å². The number of hydrogen-bond acceptors (Lipinski definition) is 6. The number of aliphatic hydroxyl groups excluding tert-OH is 1. The Morgan fingerprint density at radius 1 is 0.793 bits per heavy atom. The Kier molecular flexibility index (Phi) is 7.28. The Bertz CT molecular complexity index is 517. The van der Waals surface area contributed by atoms with Crippen LogP contribution in [0.5, 0.6) is 0 Å². The number of ketones is 1. The first-order chi connectivity index (χ1) is 14.1. The molecule has 0 radical (unpaired) electrons. The van der Waals surface area contributed by atoms with Gasteiger partial charge >= 0.3 is 0 Å². The van der Waals surface area contributed by atoms with Crippen molar-refractivity contribution in [3.63, 3.8) is 0 Å². The third kappa shape index (κ3) is 5.59. The molecule has 2 saturated carbocycles. The number of carbonyl (C=O) groups is 1. The van der Waals surface area contributed by atoms with E-state index in [-0.39, 0.29) is 29.8 Å². The molecule has 0 bridgehead atoms. The smallest absolute Gasteiger partial charge is 0.168 e. The van der Waals surface area contributed by atoms with Gasteiger partial charge in [0, 0.05) is 50.4 Å². The maximum absolute atomic E-state index is 12.4. The van der Waals surface area contributed by atoms with E-state index in [1.54, 1.807) is 0 Å². The van der Waals surface area contributed by atoms with Crippen LogP contribution in [0.15, 0.2) is 0 Å². The van der Waals surface area contributed by atoms with Crippen molar-refractivity contribution in [3.8, 4) is 0 Å². The van der Waals surface area contributed by atoms with E-state index in [1.165, 1.54) is 25.7 Å². The molecule has 2 saturated heterocycles. The van der Waals surface area contributed by atoms with E-state index in [1.807, 2.05) is 0 Å². The van der Waals surface area contributed by atoms with Gasteiger partial charge in [-0.2, -0.15) is 0 Å². The third-order valence-corrected chi connectivity index (χ3v) is 7.33. The highest BCUT2D eigenvalue weighted by molar-refractivity contribution is 5.78. The van der Waals surface area contributed by atoms with Crippen molar-refractivity contribution in [2.24, 2.45) is 11.8 Å². The van der Waals surface area contributed by atoms with Crippen LogP contribution >= 0.6 is 0 Å². The van der Waals surface area contributed by atoms with Crippen LogP contribution in [-0.4, -0.2) is 55.0 Å². The van der Waals surface area contributed by atoms with E-state index in [0.29, 0.717) is 32.8 Å². The predicted octanol–water partition coefficient (Wildman–Crippen LogP) is 3.73. The number of ether oxygens (including phenoxy) is 4. The predicted molar refractivity (Wildman–Crippen MR) is 107 cm³/mol. The lowest BCUT2D eigenvalue weighted by atomic mass is 9.90. The highest BCUT2D eigenvalue weighted by Gasteiger charge is 2.41. The molecular weight excluding hydrogens is 372 g/mol. The van der Waals surface area contributed by atoms with Crippen LogP contribution in [0.4, 0.5) is 0 Å². The maximum Gasteiger partial charge on any atom is 0.168 e. The summed E-state index contributed by atoms with van der Waals surface area (Å²) in [6.07, 6.45) is 11.8. The first-order valence-corrected chi connectivity index (χ1v) is 11.8. The second-order valence-corrected chi connectivity index (χ2v) is 9.66. The van der Waals surface area contributed by atoms with Crippen molar-refractivity contribution >= 4 is 5.78 Å². The van der Waals surface area contributed by atoms with Crippen molar-refractivity contribution in [1.29, 1.82) is 0 Å². The highest BCUT2D eigenvalue weighted by Crippen LogP contribution is 2.38. The van der Waals surface area contributed by atoms with E-state index in [9.17, 15) is 9.90 Å². The molecule has 6 nitrogen and oxygen atoms in total. The van der Waals surface area contributed by atoms with Gasteiger partial charge in [-0.15, -0.1) is 0 Å². The molecule has 0 amide bonds. The fourth-order valence-corrected chi connectivity index (χ4v) is 5.25. The second kappa shape index (κ2) is 9.73. The zero-order valence-electron chi connectivity index (χ0n) is 17.7. The van der Waals surface area contributed by atoms with E-state index in [0.717, 1.165) is 44.9 Å². The number of carbonyl (C=O) groups excluding carboxylic acids is 1. The van der Waals surface area contributed by atoms with E-state index in [4.69, 9.17) is 18.9 Å². The monoisotopic (exact) mass is 410 g/mol. The van der Waals surface area contributed by atoms with E-state index >= 15 is 0 Å². The molecule has 4 fully saturated rings. The van der Waals surface area contributed by atoms with Crippen molar-refractivity contribution in [3.05, 3.63) is 0 Å². The summed E-state index contributed by atoms with van der Waals surface area (Å²) in [6.45, 7) is 2.34. The molecule has 2 spiro atoms. The molecule has 166 valence electrons. The lowest BCUT2D eigenvalue weighted by Crippen LogP contribution is -2.48. The minimum atomic E-state index is -0.687. The molecule has 0 aromatic carbocycles. The van der Waals surface area contributed by atoms with Gasteiger partial charge in [-0.1, -0.05) is 12.8 Å². The Balaban J connectivity index is 1.13. The number of rotatable bonds is 6. The normalized spacial score (nSPS) is 31.0. The molecule has 2 heterocycles. The summed E-state index contributed by atoms with van der Waals surface area (Å²) in [7, 11) is 0. The van der Waals surface area contributed by atoms with Crippen LogP contribution in [0.3, 0.4) is 0 Å². The van der Waals surface area contributed by atoms with Crippen molar-refractivity contribution in [1.82, 2.24) is 0 Å². The summed E-state index contributed by atoms with van der Waals surface area (Å²) in [5.41, 5.74) is 0. The van der Waals surface area contributed by atoms with Gasteiger partial charge in [0.2, 0.25) is 0 Å². The summed E-state index contributed by atoms with van der Waals surface area (Å²) < 4.78 is 24.1. The molecule has 0 aromatic rings. The Labute approximate surface area is 174 Å². The SMILES string of the molecule is O=C(CCC1COC2(CCCCC2)OC1)CC(O)C1COC2(CCCCC2)OC1. The topological polar surface area (TPSA) is 74.2 Å². The fourth-order valence-electron chi connectivity index (χ4n) is 5.25. The minimum Gasteiger partial charge on any atom is -0.392 e. The first-order valence-electron chi connectivity index (χ1n) is 11.8. The Morgan fingerprint density at radius 3 is 1.79 bits per heavy atom. The van der Waals surface area contributed by atoms with Crippen LogP contribution in [0.2, 0.25) is 0 Å². The van der Waals surface area contributed by atoms with Crippen LogP contribution in [0, 0.1) is 11.8 Å². The summed E-state index contributed by atoms with van der Waals surface area (Å²) in [5.74, 6) is -0.496. The largest absolute Gasteiger partial charge is 0.392 e. The van der Waals surface area contributed by atoms with Crippen molar-refractivity contribution < 1.29 is 28.8 Å². The molecule has 2 aliphatic heterocycles. The molecule has 1 atom stereocenters. The van der Waals surface area contributed by atoms with Gasteiger partial charge in [0.1, 0.15) is 5.78 Å². The van der Waals surface area contributed by atoms with Gasteiger partial charge in [-0.25, -0.2) is 0 Å². The molecule has 1 N–H and O–H groups in total. The lowest BCUT2D eigenvalue weighted by molar-refractivity contribution is -0.302. The van der Waals surface area contributed by atoms with Crippen LogP contribution in [0.25, 0.3) is 0 Å².